The first-order chi connectivity index (χ1) is 13.2. The Balaban J connectivity index is 1.40. The zero-order valence-corrected chi connectivity index (χ0v) is 14.6. The van der Waals surface area contributed by atoms with Crippen LogP contribution in [0.5, 0.6) is 11.5 Å². The average Bonchev–Trinajstić information content (AvgIpc) is 2.74. The van der Waals surface area contributed by atoms with E-state index in [1.54, 1.807) is 29.3 Å². The molecular weight excluding hydrogens is 350 g/mol. The maximum Gasteiger partial charge on any atom is 0.275 e. The first-order valence-electron chi connectivity index (χ1n) is 8.70. The normalized spacial score (nSPS) is 16.0. The Morgan fingerprint density at radius 1 is 1.04 bits per heavy atom. The molecule has 1 fully saturated rings. The number of hydrogen-bond acceptors (Lipinski definition) is 7. The summed E-state index contributed by atoms with van der Waals surface area (Å²) in [4.78, 5) is 35.5. The smallest absolute Gasteiger partial charge is 0.275 e. The second-order valence-electron chi connectivity index (χ2n) is 6.20. The number of hydrogen-bond donors (Lipinski definition) is 1. The molecule has 0 aliphatic carbocycles. The fraction of sp³-hybridized carbons (Fsp3) is 0.333. The van der Waals surface area contributed by atoms with E-state index < -0.39 is 0 Å². The quantitative estimate of drug-likeness (QED) is 0.796. The van der Waals surface area contributed by atoms with Gasteiger partial charge in [0.25, 0.3) is 5.91 Å². The third-order valence-electron chi connectivity index (χ3n) is 4.46. The van der Waals surface area contributed by atoms with Crippen molar-refractivity contribution in [3.63, 3.8) is 0 Å². The van der Waals surface area contributed by atoms with E-state index in [4.69, 9.17) is 9.47 Å². The number of carbonyl (C=O) groups is 2. The maximum absolute atomic E-state index is 12.4. The molecular formula is C18H19N5O4. The number of rotatable bonds is 4. The number of anilines is 2. The second kappa shape index (κ2) is 7.48. The van der Waals surface area contributed by atoms with Crippen molar-refractivity contribution < 1.29 is 19.1 Å². The van der Waals surface area contributed by atoms with Crippen molar-refractivity contribution in [3.05, 3.63) is 36.3 Å². The van der Waals surface area contributed by atoms with Gasteiger partial charge in [-0.2, -0.15) is 0 Å². The number of benzene rings is 1. The van der Waals surface area contributed by atoms with Gasteiger partial charge in [-0.15, -0.1) is 0 Å². The van der Waals surface area contributed by atoms with Crippen LogP contribution < -0.4 is 19.7 Å². The number of nitrogens with zero attached hydrogens (tertiary/aromatic N) is 4. The lowest BCUT2D eigenvalue weighted by atomic mass is 10.2. The Bertz CT molecular complexity index is 834. The van der Waals surface area contributed by atoms with Crippen molar-refractivity contribution in [1.29, 1.82) is 0 Å². The van der Waals surface area contributed by atoms with E-state index >= 15 is 0 Å². The largest absolute Gasteiger partial charge is 0.486 e. The van der Waals surface area contributed by atoms with E-state index in [0.717, 1.165) is 6.41 Å². The molecule has 140 valence electrons. The summed E-state index contributed by atoms with van der Waals surface area (Å²) < 4.78 is 11.0. The van der Waals surface area contributed by atoms with Crippen LogP contribution in [0, 0.1) is 0 Å². The van der Waals surface area contributed by atoms with Crippen LogP contribution in [-0.2, 0) is 4.79 Å². The van der Waals surface area contributed by atoms with E-state index in [1.807, 2.05) is 4.90 Å². The summed E-state index contributed by atoms with van der Waals surface area (Å²) in [6.45, 7) is 3.69. The average molecular weight is 369 g/mol. The van der Waals surface area contributed by atoms with Gasteiger partial charge in [0.2, 0.25) is 6.41 Å². The Labute approximate surface area is 155 Å². The SMILES string of the molecule is O=CN1CCN(c2cnc(C(=O)Nc3ccc4c(c3)OCCO4)cn2)CC1. The van der Waals surface area contributed by atoms with Gasteiger partial charge in [-0.1, -0.05) is 0 Å². The van der Waals surface area contributed by atoms with Gasteiger partial charge in [-0.25, -0.2) is 9.97 Å². The molecule has 4 rings (SSSR count). The minimum Gasteiger partial charge on any atom is -0.486 e. The van der Waals surface area contributed by atoms with Gasteiger partial charge >= 0.3 is 0 Å². The summed E-state index contributed by atoms with van der Waals surface area (Å²) in [5.41, 5.74) is 0.820. The van der Waals surface area contributed by atoms with Crippen LogP contribution in [0.25, 0.3) is 0 Å². The summed E-state index contributed by atoms with van der Waals surface area (Å²) in [5, 5.41) is 2.78. The zero-order valence-electron chi connectivity index (χ0n) is 14.6. The number of amides is 2. The number of aromatic nitrogens is 2. The van der Waals surface area contributed by atoms with Crippen molar-refractivity contribution in [1.82, 2.24) is 14.9 Å². The molecule has 9 heteroatoms. The van der Waals surface area contributed by atoms with Gasteiger partial charge < -0.3 is 24.6 Å². The molecule has 1 saturated heterocycles. The highest BCUT2D eigenvalue weighted by atomic mass is 16.6. The van der Waals surface area contributed by atoms with E-state index in [0.29, 0.717) is 62.4 Å². The molecule has 0 saturated carbocycles. The Morgan fingerprint density at radius 3 is 2.52 bits per heavy atom. The molecule has 27 heavy (non-hydrogen) atoms. The maximum atomic E-state index is 12.4. The molecule has 2 aliphatic rings. The third kappa shape index (κ3) is 3.76. The Hall–Kier alpha value is -3.36. The first-order valence-corrected chi connectivity index (χ1v) is 8.70. The van der Waals surface area contributed by atoms with Crippen LogP contribution in [0.15, 0.2) is 30.6 Å². The lowest BCUT2D eigenvalue weighted by Crippen LogP contribution is -2.46. The van der Waals surface area contributed by atoms with Crippen molar-refractivity contribution in [2.45, 2.75) is 0 Å². The minimum absolute atomic E-state index is 0.222. The zero-order chi connectivity index (χ0) is 18.6. The highest BCUT2D eigenvalue weighted by Gasteiger charge is 2.18. The molecule has 0 bridgehead atoms. The standard InChI is InChI=1S/C18H19N5O4/c24-12-22-3-5-23(6-4-22)17-11-19-14(10-20-17)18(25)21-13-1-2-15-16(9-13)27-8-7-26-15/h1-2,9-12H,3-8H2,(H,21,25). The summed E-state index contributed by atoms with van der Waals surface area (Å²) in [6.07, 6.45) is 3.89. The number of piperazine rings is 1. The van der Waals surface area contributed by atoms with Gasteiger partial charge in [0, 0.05) is 37.9 Å². The Morgan fingerprint density at radius 2 is 1.81 bits per heavy atom. The van der Waals surface area contributed by atoms with Crippen LogP contribution in [-0.4, -0.2) is 66.6 Å². The fourth-order valence-electron chi connectivity index (χ4n) is 2.97. The summed E-state index contributed by atoms with van der Waals surface area (Å²) >= 11 is 0. The predicted octanol–water partition coefficient (Wildman–Crippen LogP) is 0.778. The molecule has 2 aromatic rings. The molecule has 0 radical (unpaired) electrons. The highest BCUT2D eigenvalue weighted by Crippen LogP contribution is 2.32. The van der Waals surface area contributed by atoms with Crippen LogP contribution >= 0.6 is 0 Å². The van der Waals surface area contributed by atoms with Crippen molar-refractivity contribution in [2.75, 3.05) is 49.6 Å². The molecule has 3 heterocycles. The van der Waals surface area contributed by atoms with Gasteiger partial charge in [0.05, 0.1) is 12.4 Å². The second-order valence-corrected chi connectivity index (χ2v) is 6.20. The third-order valence-corrected chi connectivity index (χ3v) is 4.46. The number of nitrogens with one attached hydrogen (secondary N) is 1. The molecule has 0 unspecified atom stereocenters. The van der Waals surface area contributed by atoms with Gasteiger partial charge in [0.15, 0.2) is 11.5 Å². The van der Waals surface area contributed by atoms with E-state index in [2.05, 4.69) is 15.3 Å². The summed E-state index contributed by atoms with van der Waals surface area (Å²) in [6, 6.07) is 5.23. The molecule has 1 N–H and O–H groups in total. The molecule has 1 aromatic carbocycles. The topological polar surface area (TPSA) is 96.9 Å². The minimum atomic E-state index is -0.350. The lowest BCUT2D eigenvalue weighted by molar-refractivity contribution is -0.118. The summed E-state index contributed by atoms with van der Waals surface area (Å²) in [5.74, 6) is 1.61. The molecule has 2 aliphatic heterocycles. The van der Waals surface area contributed by atoms with E-state index in [9.17, 15) is 9.59 Å². The predicted molar refractivity (Wildman–Crippen MR) is 97.3 cm³/mol. The first kappa shape index (κ1) is 17.1. The number of fused-ring (bicyclic) bond motifs is 1. The monoisotopic (exact) mass is 369 g/mol. The lowest BCUT2D eigenvalue weighted by Gasteiger charge is -2.33. The van der Waals surface area contributed by atoms with Gasteiger partial charge in [-0.3, -0.25) is 9.59 Å². The molecule has 9 nitrogen and oxygen atoms in total. The van der Waals surface area contributed by atoms with Crippen LogP contribution in [0.3, 0.4) is 0 Å². The van der Waals surface area contributed by atoms with Crippen LogP contribution in [0.2, 0.25) is 0 Å². The van der Waals surface area contributed by atoms with Crippen LogP contribution in [0.1, 0.15) is 10.5 Å². The van der Waals surface area contributed by atoms with Crippen LogP contribution in [0.4, 0.5) is 11.5 Å². The van der Waals surface area contributed by atoms with Gasteiger partial charge in [-0.05, 0) is 12.1 Å². The Kier molecular flexibility index (Phi) is 4.73. The van der Waals surface area contributed by atoms with Crippen molar-refractivity contribution in [3.8, 4) is 11.5 Å². The molecule has 0 spiro atoms. The van der Waals surface area contributed by atoms with E-state index in [1.165, 1.54) is 6.20 Å². The van der Waals surface area contributed by atoms with Crippen molar-refractivity contribution in [2.24, 2.45) is 0 Å². The number of carbonyl (C=O) groups excluding carboxylic acids is 2. The van der Waals surface area contributed by atoms with E-state index in [-0.39, 0.29) is 11.6 Å². The highest BCUT2D eigenvalue weighted by molar-refractivity contribution is 6.02. The van der Waals surface area contributed by atoms with Gasteiger partial charge in [0.1, 0.15) is 24.7 Å². The molecule has 0 atom stereocenters. The number of ether oxygens (including phenoxy) is 2. The summed E-state index contributed by atoms with van der Waals surface area (Å²) in [7, 11) is 0. The fourth-order valence-corrected chi connectivity index (χ4v) is 2.97. The molecule has 2 amide bonds. The van der Waals surface area contributed by atoms with Crippen molar-refractivity contribution >= 4 is 23.8 Å². The molecule has 1 aromatic heterocycles.